The molecule has 1 amide bonds. The number of carbonyl (C=O) groups is 1. The molecule has 3 aromatic heterocycles. The van der Waals surface area contributed by atoms with Crippen molar-refractivity contribution in [2.24, 2.45) is 5.41 Å². The lowest BCUT2D eigenvalue weighted by molar-refractivity contribution is -0.135. The van der Waals surface area contributed by atoms with Crippen LogP contribution in [-0.4, -0.2) is 83.7 Å². The van der Waals surface area contributed by atoms with E-state index < -0.39 is 0 Å². The first-order valence-electron chi connectivity index (χ1n) is 14.1. The van der Waals surface area contributed by atoms with E-state index in [1.165, 1.54) is 6.42 Å². The van der Waals surface area contributed by atoms with Gasteiger partial charge in [-0.15, -0.1) is 0 Å². The number of nitriles is 1. The van der Waals surface area contributed by atoms with Crippen molar-refractivity contribution in [1.29, 1.82) is 5.26 Å². The summed E-state index contributed by atoms with van der Waals surface area (Å²) >= 11 is 0. The van der Waals surface area contributed by atoms with E-state index in [-0.39, 0.29) is 5.41 Å². The van der Waals surface area contributed by atoms with Gasteiger partial charge in [-0.3, -0.25) is 4.79 Å². The van der Waals surface area contributed by atoms with Crippen molar-refractivity contribution in [2.45, 2.75) is 45.4 Å². The summed E-state index contributed by atoms with van der Waals surface area (Å²) in [5.74, 6) is 1.96. The van der Waals surface area contributed by atoms with Gasteiger partial charge >= 0.3 is 0 Å². The zero-order chi connectivity index (χ0) is 27.4. The fraction of sp³-hybridized carbons (Fsp3) is 0.533. The van der Waals surface area contributed by atoms with E-state index in [0.29, 0.717) is 30.2 Å². The van der Waals surface area contributed by atoms with Gasteiger partial charge in [0, 0.05) is 56.5 Å². The molecule has 9 nitrogen and oxygen atoms in total. The first kappa shape index (κ1) is 26.9. The summed E-state index contributed by atoms with van der Waals surface area (Å²) in [6, 6.07) is 8.31. The molecule has 3 aromatic rings. The van der Waals surface area contributed by atoms with Crippen molar-refractivity contribution < 1.29 is 9.53 Å². The summed E-state index contributed by atoms with van der Waals surface area (Å²) < 4.78 is 7.45. The molecular formula is C30H39N7O2. The Balaban J connectivity index is 1.32. The van der Waals surface area contributed by atoms with Crippen LogP contribution in [0.15, 0.2) is 36.8 Å². The zero-order valence-corrected chi connectivity index (χ0v) is 23.4. The smallest absolute Gasteiger partial charge is 0.223 e. The third-order valence-corrected chi connectivity index (χ3v) is 8.11. The molecule has 0 unspecified atom stereocenters. The van der Waals surface area contributed by atoms with Crippen LogP contribution >= 0.6 is 0 Å². The van der Waals surface area contributed by atoms with Crippen molar-refractivity contribution in [3.05, 3.63) is 42.4 Å². The molecule has 5 rings (SSSR count). The van der Waals surface area contributed by atoms with Gasteiger partial charge in [0.2, 0.25) is 5.91 Å². The summed E-state index contributed by atoms with van der Waals surface area (Å²) in [6.07, 6.45) is 11.3. The molecule has 0 radical (unpaired) electrons. The van der Waals surface area contributed by atoms with Crippen LogP contribution in [-0.2, 0) is 4.79 Å². The van der Waals surface area contributed by atoms with E-state index in [0.717, 1.165) is 80.9 Å². The highest BCUT2D eigenvalue weighted by atomic mass is 16.5. The SMILES string of the molecule is CCOc1cc(-c2ccc(N3CCC(CC(=O)N4CCCCC4)(CN(C)C)CC3)nc2)c2c(C#N)cnn2c1. The number of rotatable bonds is 8. The van der Waals surface area contributed by atoms with E-state index in [2.05, 4.69) is 52.1 Å². The van der Waals surface area contributed by atoms with Crippen LogP contribution in [0.2, 0.25) is 0 Å². The second-order valence-electron chi connectivity index (χ2n) is 11.2. The number of pyridine rings is 2. The van der Waals surface area contributed by atoms with E-state index in [4.69, 9.17) is 9.72 Å². The molecule has 2 aliphatic rings. The van der Waals surface area contributed by atoms with Crippen LogP contribution in [0.1, 0.15) is 51.0 Å². The van der Waals surface area contributed by atoms with E-state index >= 15 is 0 Å². The molecule has 39 heavy (non-hydrogen) atoms. The highest BCUT2D eigenvalue weighted by molar-refractivity contribution is 5.85. The van der Waals surface area contributed by atoms with Gasteiger partial charge in [0.05, 0.1) is 30.1 Å². The molecule has 0 spiro atoms. The van der Waals surface area contributed by atoms with Crippen molar-refractivity contribution in [1.82, 2.24) is 24.4 Å². The Bertz CT molecular complexity index is 1330. The molecule has 0 saturated carbocycles. The summed E-state index contributed by atoms with van der Waals surface area (Å²) in [5, 5.41) is 14.0. The molecule has 2 saturated heterocycles. The predicted molar refractivity (Wildman–Crippen MR) is 152 cm³/mol. The van der Waals surface area contributed by atoms with Crippen LogP contribution in [0.5, 0.6) is 5.75 Å². The average molecular weight is 530 g/mol. The maximum absolute atomic E-state index is 13.2. The molecule has 5 heterocycles. The number of piperidine rings is 2. The Morgan fingerprint density at radius 2 is 1.90 bits per heavy atom. The molecule has 0 atom stereocenters. The quantitative estimate of drug-likeness (QED) is 0.432. The highest BCUT2D eigenvalue weighted by Crippen LogP contribution is 2.38. The van der Waals surface area contributed by atoms with E-state index in [1.807, 2.05) is 19.2 Å². The van der Waals surface area contributed by atoms with Gasteiger partial charge in [0.25, 0.3) is 0 Å². The largest absolute Gasteiger partial charge is 0.492 e. The topological polar surface area (TPSA) is 90.0 Å². The van der Waals surface area contributed by atoms with Gasteiger partial charge in [-0.25, -0.2) is 9.50 Å². The number of anilines is 1. The molecule has 0 N–H and O–H groups in total. The number of carbonyl (C=O) groups excluding carboxylic acids is 1. The summed E-state index contributed by atoms with van der Waals surface area (Å²) in [4.78, 5) is 24.7. The van der Waals surface area contributed by atoms with E-state index in [9.17, 15) is 10.1 Å². The summed E-state index contributed by atoms with van der Waals surface area (Å²) in [5.41, 5.74) is 3.04. The van der Waals surface area contributed by atoms with Crippen molar-refractivity contribution in [3.63, 3.8) is 0 Å². The van der Waals surface area contributed by atoms with Crippen LogP contribution < -0.4 is 9.64 Å². The molecule has 0 bridgehead atoms. The first-order chi connectivity index (χ1) is 18.9. The van der Waals surface area contributed by atoms with Gasteiger partial charge in [0.15, 0.2) is 0 Å². The molecule has 206 valence electrons. The van der Waals surface area contributed by atoms with Crippen LogP contribution in [0, 0.1) is 16.7 Å². The Morgan fingerprint density at radius 1 is 1.13 bits per heavy atom. The second kappa shape index (κ2) is 11.6. The number of likely N-dealkylation sites (tertiary alicyclic amines) is 1. The van der Waals surface area contributed by atoms with Gasteiger partial charge < -0.3 is 19.4 Å². The van der Waals surface area contributed by atoms with Gasteiger partial charge in [-0.2, -0.15) is 10.4 Å². The van der Waals surface area contributed by atoms with Crippen molar-refractivity contribution in [3.8, 4) is 22.9 Å². The van der Waals surface area contributed by atoms with Crippen LogP contribution in [0.3, 0.4) is 0 Å². The monoisotopic (exact) mass is 529 g/mol. The number of ether oxygens (including phenoxy) is 1. The van der Waals surface area contributed by atoms with Gasteiger partial charge in [0.1, 0.15) is 17.6 Å². The first-order valence-corrected chi connectivity index (χ1v) is 14.1. The maximum atomic E-state index is 13.2. The minimum Gasteiger partial charge on any atom is -0.492 e. The molecular weight excluding hydrogens is 490 g/mol. The Morgan fingerprint density at radius 3 is 2.54 bits per heavy atom. The van der Waals surface area contributed by atoms with Crippen molar-refractivity contribution >= 4 is 17.2 Å². The second-order valence-corrected chi connectivity index (χ2v) is 11.2. The van der Waals surface area contributed by atoms with Crippen molar-refractivity contribution in [2.75, 3.05) is 58.3 Å². The summed E-state index contributed by atoms with van der Waals surface area (Å²) in [7, 11) is 4.21. The highest BCUT2D eigenvalue weighted by Gasteiger charge is 2.38. The standard InChI is InChI=1S/C30H39N7O2/c1-4-39-25-16-26(29-24(18-31)20-33-37(29)21-25)23-8-9-27(32-19-23)35-14-10-30(11-15-35,22-34(2)3)17-28(38)36-12-6-5-7-13-36/h8-9,16,19-21H,4-7,10-15,17,22H2,1-3H3. The Kier molecular flexibility index (Phi) is 8.03. The minimum absolute atomic E-state index is 0.00447. The number of aromatic nitrogens is 3. The number of hydrogen-bond acceptors (Lipinski definition) is 7. The number of hydrogen-bond donors (Lipinski definition) is 0. The third kappa shape index (κ3) is 5.86. The molecule has 9 heteroatoms. The lowest BCUT2D eigenvalue weighted by atomic mass is 9.74. The lowest BCUT2D eigenvalue weighted by Gasteiger charge is -2.44. The maximum Gasteiger partial charge on any atom is 0.223 e. The minimum atomic E-state index is -0.00447. The fourth-order valence-electron chi connectivity index (χ4n) is 6.22. The number of nitrogens with zero attached hydrogens (tertiary/aromatic N) is 7. The number of amides is 1. The third-order valence-electron chi connectivity index (χ3n) is 8.11. The van der Waals surface area contributed by atoms with Gasteiger partial charge in [-0.1, -0.05) is 0 Å². The molecule has 0 aromatic carbocycles. The average Bonchev–Trinajstić information content (AvgIpc) is 3.36. The van der Waals surface area contributed by atoms with E-state index in [1.54, 1.807) is 16.9 Å². The van der Waals surface area contributed by atoms with Crippen LogP contribution in [0.4, 0.5) is 5.82 Å². The molecule has 0 aliphatic carbocycles. The molecule has 2 fully saturated rings. The molecule has 2 aliphatic heterocycles. The van der Waals surface area contributed by atoms with Crippen LogP contribution in [0.25, 0.3) is 16.6 Å². The Hall–Kier alpha value is -3.64. The number of fused-ring (bicyclic) bond motifs is 1. The lowest BCUT2D eigenvalue weighted by Crippen LogP contribution is -2.48. The predicted octanol–water partition coefficient (Wildman–Crippen LogP) is 4.22. The summed E-state index contributed by atoms with van der Waals surface area (Å²) in [6.45, 7) is 6.98. The fourth-order valence-corrected chi connectivity index (χ4v) is 6.22. The Labute approximate surface area is 231 Å². The zero-order valence-electron chi connectivity index (χ0n) is 23.4. The normalized spacial score (nSPS) is 17.4. The van der Waals surface area contributed by atoms with Gasteiger partial charge in [-0.05, 0) is 76.7 Å².